The van der Waals surface area contributed by atoms with Gasteiger partial charge in [0.1, 0.15) is 5.54 Å². The molecule has 0 aromatic heterocycles. The minimum Gasteiger partial charge on any atom is -0.369 e. The fraction of sp³-hybridized carbons (Fsp3) is 0.111. The summed E-state index contributed by atoms with van der Waals surface area (Å²) in [6, 6.07) is 19.4. The van der Waals surface area contributed by atoms with Crippen LogP contribution in [0.15, 0.2) is 77.8 Å². The molecule has 1 amide bonds. The highest BCUT2D eigenvalue weighted by molar-refractivity contribution is 5.87. The first kappa shape index (κ1) is 13.3. The number of rotatable bonds is 4. The van der Waals surface area contributed by atoms with E-state index in [9.17, 15) is 4.79 Å². The van der Waals surface area contributed by atoms with Crippen LogP contribution in [0.5, 0.6) is 0 Å². The highest BCUT2D eigenvalue weighted by Gasteiger charge is 2.43. The number of carbonyl (C=O) groups excluding carboxylic acids is 1. The first-order valence-electron chi connectivity index (χ1n) is 6.87. The molecule has 3 rings (SSSR count). The summed E-state index contributed by atoms with van der Waals surface area (Å²) in [5.41, 5.74) is 6.80. The zero-order valence-electron chi connectivity index (χ0n) is 11.5. The molecule has 21 heavy (non-hydrogen) atoms. The summed E-state index contributed by atoms with van der Waals surface area (Å²) in [5.74, 6) is -0.912. The zero-order chi connectivity index (χ0) is 14.7. The van der Waals surface area contributed by atoms with Crippen molar-refractivity contribution in [1.29, 1.82) is 0 Å². The van der Waals surface area contributed by atoms with Crippen molar-refractivity contribution in [3.05, 3.63) is 83.9 Å². The third kappa shape index (κ3) is 2.27. The Bertz CT molecular complexity index is 678. The lowest BCUT2D eigenvalue weighted by molar-refractivity contribution is -0.120. The highest BCUT2D eigenvalue weighted by Crippen LogP contribution is 2.43. The molecule has 1 aliphatic heterocycles. The molecule has 3 nitrogen and oxygen atoms in total. The van der Waals surface area contributed by atoms with Crippen molar-refractivity contribution in [3.63, 3.8) is 0 Å². The lowest BCUT2D eigenvalue weighted by atomic mass is 9.75. The minimum absolute atomic E-state index is 0.381. The van der Waals surface area contributed by atoms with Crippen molar-refractivity contribution in [1.82, 2.24) is 0 Å². The van der Waals surface area contributed by atoms with Crippen molar-refractivity contribution < 1.29 is 4.79 Å². The van der Waals surface area contributed by atoms with Crippen molar-refractivity contribution in [3.8, 4) is 0 Å². The molecule has 2 N–H and O–H groups in total. The van der Waals surface area contributed by atoms with Crippen LogP contribution in [0.4, 0.5) is 0 Å². The zero-order valence-corrected chi connectivity index (χ0v) is 11.5. The van der Waals surface area contributed by atoms with Gasteiger partial charge in [0, 0.05) is 6.21 Å². The molecule has 104 valence electrons. The van der Waals surface area contributed by atoms with Gasteiger partial charge in [0.05, 0.1) is 5.92 Å². The molecule has 0 aliphatic carbocycles. The second-order valence-corrected chi connectivity index (χ2v) is 5.07. The molecule has 0 saturated heterocycles. The van der Waals surface area contributed by atoms with Crippen LogP contribution in [0.25, 0.3) is 0 Å². The van der Waals surface area contributed by atoms with Crippen LogP contribution < -0.4 is 5.73 Å². The van der Waals surface area contributed by atoms with Crippen molar-refractivity contribution in [2.75, 3.05) is 0 Å². The van der Waals surface area contributed by atoms with Crippen LogP contribution in [-0.2, 0) is 10.3 Å². The Labute approximate surface area is 123 Å². The molecule has 0 spiro atoms. The fourth-order valence-corrected chi connectivity index (χ4v) is 2.89. The van der Waals surface area contributed by atoms with Crippen LogP contribution in [0, 0.1) is 0 Å². The lowest BCUT2D eigenvalue weighted by Crippen LogP contribution is -2.37. The molecule has 0 bridgehead atoms. The Balaban J connectivity index is 2.18. The van der Waals surface area contributed by atoms with Crippen LogP contribution in [0.3, 0.4) is 0 Å². The Morgan fingerprint density at radius 1 is 1.00 bits per heavy atom. The van der Waals surface area contributed by atoms with Gasteiger partial charge in [-0.1, -0.05) is 60.7 Å². The SMILES string of the molecule is NC(=O)C(c1ccccc1)C1(c2ccccc2)C=CC=N1. The topological polar surface area (TPSA) is 55.5 Å². The van der Waals surface area contributed by atoms with E-state index in [0.29, 0.717) is 0 Å². The predicted octanol–water partition coefficient (Wildman–Crippen LogP) is 2.79. The third-order valence-corrected chi connectivity index (χ3v) is 3.82. The lowest BCUT2D eigenvalue weighted by Gasteiger charge is -2.32. The first-order chi connectivity index (χ1) is 10.2. The van der Waals surface area contributed by atoms with E-state index in [2.05, 4.69) is 4.99 Å². The molecular weight excluding hydrogens is 260 g/mol. The van der Waals surface area contributed by atoms with Crippen LogP contribution in [0.1, 0.15) is 17.0 Å². The summed E-state index contributed by atoms with van der Waals surface area (Å²) in [6.45, 7) is 0. The average Bonchev–Trinajstić information content (AvgIpc) is 2.99. The van der Waals surface area contributed by atoms with Gasteiger partial charge in [-0.15, -0.1) is 0 Å². The van der Waals surface area contributed by atoms with Crippen LogP contribution in [-0.4, -0.2) is 12.1 Å². The maximum Gasteiger partial charge on any atom is 0.228 e. The predicted molar refractivity (Wildman–Crippen MR) is 84.1 cm³/mol. The van der Waals surface area contributed by atoms with Gasteiger partial charge < -0.3 is 5.73 Å². The number of nitrogens with zero attached hydrogens (tertiary/aromatic N) is 1. The number of hydrogen-bond acceptors (Lipinski definition) is 2. The van der Waals surface area contributed by atoms with Gasteiger partial charge in [0.2, 0.25) is 5.91 Å². The van der Waals surface area contributed by atoms with E-state index < -0.39 is 11.5 Å². The number of hydrogen-bond donors (Lipinski definition) is 1. The molecule has 3 heteroatoms. The second-order valence-electron chi connectivity index (χ2n) is 5.07. The van der Waals surface area contributed by atoms with Crippen LogP contribution in [0.2, 0.25) is 0 Å². The third-order valence-electron chi connectivity index (χ3n) is 3.82. The molecule has 1 aliphatic rings. The maximum atomic E-state index is 12.2. The van der Waals surface area contributed by atoms with Gasteiger partial charge in [-0.2, -0.15) is 0 Å². The molecule has 0 saturated carbocycles. The van der Waals surface area contributed by atoms with E-state index in [0.717, 1.165) is 11.1 Å². The average molecular weight is 276 g/mol. The summed E-state index contributed by atoms with van der Waals surface area (Å²) in [6.07, 6.45) is 5.54. The largest absolute Gasteiger partial charge is 0.369 e. The minimum atomic E-state index is -0.756. The quantitative estimate of drug-likeness (QED) is 0.917. The maximum absolute atomic E-state index is 12.2. The summed E-state index contributed by atoms with van der Waals surface area (Å²) < 4.78 is 0. The van der Waals surface area contributed by atoms with Crippen molar-refractivity contribution in [2.45, 2.75) is 11.5 Å². The van der Waals surface area contributed by atoms with Gasteiger partial charge in [0.25, 0.3) is 0 Å². The number of primary amides is 1. The molecule has 2 aromatic carbocycles. The molecule has 2 unspecified atom stereocenters. The van der Waals surface area contributed by atoms with Gasteiger partial charge in [-0.25, -0.2) is 0 Å². The number of benzene rings is 2. The van der Waals surface area contributed by atoms with E-state index in [4.69, 9.17) is 5.73 Å². The molecule has 0 fully saturated rings. The van der Waals surface area contributed by atoms with E-state index in [-0.39, 0.29) is 5.91 Å². The van der Waals surface area contributed by atoms with E-state index >= 15 is 0 Å². The van der Waals surface area contributed by atoms with Gasteiger partial charge in [-0.05, 0) is 23.3 Å². The van der Waals surface area contributed by atoms with E-state index in [1.165, 1.54) is 0 Å². The smallest absolute Gasteiger partial charge is 0.228 e. The molecular formula is C18H16N2O. The van der Waals surface area contributed by atoms with Gasteiger partial charge >= 0.3 is 0 Å². The van der Waals surface area contributed by atoms with E-state index in [1.54, 1.807) is 6.21 Å². The van der Waals surface area contributed by atoms with Crippen LogP contribution >= 0.6 is 0 Å². The van der Waals surface area contributed by atoms with Gasteiger partial charge in [0.15, 0.2) is 0 Å². The van der Waals surface area contributed by atoms with E-state index in [1.807, 2.05) is 72.8 Å². The van der Waals surface area contributed by atoms with Gasteiger partial charge in [-0.3, -0.25) is 9.79 Å². The molecule has 1 heterocycles. The first-order valence-corrected chi connectivity index (χ1v) is 6.87. The Morgan fingerprint density at radius 3 is 2.14 bits per heavy atom. The van der Waals surface area contributed by atoms with Crippen molar-refractivity contribution >= 4 is 12.1 Å². The second kappa shape index (κ2) is 5.37. The summed E-state index contributed by atoms with van der Waals surface area (Å²) >= 11 is 0. The summed E-state index contributed by atoms with van der Waals surface area (Å²) in [7, 11) is 0. The number of carbonyl (C=O) groups is 1. The Morgan fingerprint density at radius 2 is 1.62 bits per heavy atom. The molecule has 0 radical (unpaired) electrons. The Hall–Kier alpha value is -2.68. The summed E-state index contributed by atoms with van der Waals surface area (Å²) in [4.78, 5) is 16.8. The number of aliphatic imine (C=N–C) groups is 1. The standard InChI is InChI=1S/C18H16N2O/c19-17(21)16(14-8-3-1-4-9-14)18(12-7-13-20-18)15-10-5-2-6-11-15/h1-13,16H,(H2,19,21). The molecule has 2 atom stereocenters. The Kier molecular flexibility index (Phi) is 3.40. The number of allylic oxidation sites excluding steroid dienone is 1. The summed E-state index contributed by atoms with van der Waals surface area (Å²) in [5, 5.41) is 0. The number of nitrogens with two attached hydrogens (primary N) is 1. The van der Waals surface area contributed by atoms with Crippen molar-refractivity contribution in [2.24, 2.45) is 10.7 Å². The molecule has 2 aromatic rings. The number of amides is 1. The fourth-order valence-electron chi connectivity index (χ4n) is 2.89. The monoisotopic (exact) mass is 276 g/mol. The highest BCUT2D eigenvalue weighted by atomic mass is 16.1. The normalized spacial score (nSPS) is 21.3.